The second-order valence-corrected chi connectivity index (χ2v) is 6.17. The Hall–Kier alpha value is -0.320. The lowest BCUT2D eigenvalue weighted by Gasteiger charge is -2.13. The molecule has 1 rings (SSSR count). The number of hydrogen-bond donors (Lipinski definition) is 1. The van der Waals surface area contributed by atoms with Crippen LogP contribution in [0.25, 0.3) is 0 Å². The number of unbranched alkanes of at least 4 members (excludes halogenated alkanes) is 7. The molecule has 0 saturated carbocycles. The lowest BCUT2D eigenvalue weighted by Crippen LogP contribution is -2.37. The molecule has 0 aromatic heterocycles. The van der Waals surface area contributed by atoms with Crippen molar-refractivity contribution in [1.82, 2.24) is 5.32 Å². The van der Waals surface area contributed by atoms with E-state index in [-0.39, 0.29) is 12.2 Å². The van der Waals surface area contributed by atoms with Gasteiger partial charge in [0.25, 0.3) is 0 Å². The van der Waals surface area contributed by atoms with Crippen LogP contribution in [-0.2, 0) is 14.3 Å². The highest BCUT2D eigenvalue weighted by Gasteiger charge is 2.19. The van der Waals surface area contributed by atoms with Gasteiger partial charge in [-0.05, 0) is 6.42 Å². The van der Waals surface area contributed by atoms with Crippen molar-refractivity contribution in [3.8, 4) is 0 Å². The molecule has 124 valence electrons. The van der Waals surface area contributed by atoms with Crippen LogP contribution >= 0.6 is 11.6 Å². The molecule has 0 radical (unpaired) electrons. The highest BCUT2D eigenvalue weighted by atomic mass is 35.5. The van der Waals surface area contributed by atoms with Crippen molar-refractivity contribution in [3.05, 3.63) is 0 Å². The Morgan fingerprint density at radius 1 is 1.10 bits per heavy atom. The van der Waals surface area contributed by atoms with E-state index in [1.165, 1.54) is 38.5 Å². The van der Waals surface area contributed by atoms with Gasteiger partial charge in [0.2, 0.25) is 5.91 Å². The Labute approximate surface area is 133 Å². The van der Waals surface area contributed by atoms with E-state index in [0.29, 0.717) is 19.8 Å². The largest absolute Gasteiger partial charge is 0.350 e. The summed E-state index contributed by atoms with van der Waals surface area (Å²) in [7, 11) is 0. The maximum atomic E-state index is 11.8. The molecule has 1 fully saturated rings. The molecule has 0 spiro atoms. The molecule has 1 atom stereocenters. The number of hydrogen-bond acceptors (Lipinski definition) is 3. The van der Waals surface area contributed by atoms with Crippen LogP contribution in [-0.4, -0.2) is 37.3 Å². The van der Waals surface area contributed by atoms with Crippen LogP contribution in [0.4, 0.5) is 0 Å². The summed E-state index contributed by atoms with van der Waals surface area (Å²) in [5.74, 6) is -0.112. The van der Waals surface area contributed by atoms with Crippen molar-refractivity contribution >= 4 is 17.5 Å². The highest BCUT2D eigenvalue weighted by Crippen LogP contribution is 2.13. The Morgan fingerprint density at radius 3 is 2.29 bits per heavy atom. The Kier molecular flexibility index (Phi) is 10.9. The highest BCUT2D eigenvalue weighted by molar-refractivity contribution is 6.30. The van der Waals surface area contributed by atoms with Crippen molar-refractivity contribution in [2.45, 2.75) is 76.4 Å². The second kappa shape index (κ2) is 12.2. The van der Waals surface area contributed by atoms with Gasteiger partial charge >= 0.3 is 0 Å². The van der Waals surface area contributed by atoms with E-state index in [4.69, 9.17) is 21.1 Å². The van der Waals surface area contributed by atoms with Gasteiger partial charge in [-0.1, -0.05) is 58.3 Å². The first-order chi connectivity index (χ1) is 10.2. The van der Waals surface area contributed by atoms with Crippen molar-refractivity contribution in [1.29, 1.82) is 0 Å². The van der Waals surface area contributed by atoms with E-state index >= 15 is 0 Å². The molecule has 0 bridgehead atoms. The van der Waals surface area contributed by atoms with E-state index in [1.807, 2.05) is 0 Å². The fraction of sp³-hybridized carbons (Fsp3) is 0.938. The standard InChI is InChI=1S/C16H30ClNO3/c1-2-3-4-5-6-7-8-9-10-14(17)16(19)18-13-15-20-11-12-21-15/h14-15H,2-13H2,1H3,(H,18,19). The van der Waals surface area contributed by atoms with Gasteiger partial charge in [-0.25, -0.2) is 0 Å². The van der Waals surface area contributed by atoms with E-state index in [9.17, 15) is 4.79 Å². The monoisotopic (exact) mass is 319 g/mol. The SMILES string of the molecule is CCCCCCCCCCC(Cl)C(=O)NCC1OCCO1. The number of amides is 1. The first kappa shape index (κ1) is 18.7. The van der Waals surface area contributed by atoms with Gasteiger partial charge in [-0.3, -0.25) is 4.79 Å². The summed E-state index contributed by atoms with van der Waals surface area (Å²) in [4.78, 5) is 11.8. The van der Waals surface area contributed by atoms with Gasteiger partial charge < -0.3 is 14.8 Å². The molecule has 5 heteroatoms. The quantitative estimate of drug-likeness (QED) is 0.441. The van der Waals surface area contributed by atoms with Gasteiger partial charge in [-0.15, -0.1) is 11.6 Å². The predicted octanol–water partition coefficient (Wildman–Crippen LogP) is 3.61. The summed E-state index contributed by atoms with van der Waals surface area (Å²) >= 11 is 6.10. The molecule has 1 unspecified atom stereocenters. The molecule has 1 aliphatic rings. The van der Waals surface area contributed by atoms with Crippen LogP contribution in [0.15, 0.2) is 0 Å². The molecular weight excluding hydrogens is 290 g/mol. The van der Waals surface area contributed by atoms with Gasteiger partial charge in [0.15, 0.2) is 6.29 Å². The molecule has 1 heterocycles. The third-order valence-corrected chi connectivity index (χ3v) is 4.15. The molecule has 1 amide bonds. The normalized spacial score (nSPS) is 17.0. The smallest absolute Gasteiger partial charge is 0.238 e. The Bertz CT molecular complexity index is 270. The van der Waals surface area contributed by atoms with Crippen LogP contribution in [0, 0.1) is 0 Å². The Balaban J connectivity index is 1.92. The average Bonchev–Trinajstić information content (AvgIpc) is 3.00. The van der Waals surface area contributed by atoms with Crippen molar-refractivity contribution < 1.29 is 14.3 Å². The van der Waals surface area contributed by atoms with E-state index in [2.05, 4.69) is 12.2 Å². The number of carbonyl (C=O) groups is 1. The van der Waals surface area contributed by atoms with E-state index in [1.54, 1.807) is 0 Å². The molecular formula is C16H30ClNO3. The summed E-state index contributed by atoms with van der Waals surface area (Å²) < 4.78 is 10.5. The molecule has 1 aliphatic heterocycles. The number of halogens is 1. The van der Waals surface area contributed by atoms with E-state index < -0.39 is 5.38 Å². The molecule has 0 aromatic carbocycles. The third kappa shape index (κ3) is 9.33. The minimum absolute atomic E-state index is 0.112. The average molecular weight is 320 g/mol. The second-order valence-electron chi connectivity index (χ2n) is 5.65. The van der Waals surface area contributed by atoms with Crippen LogP contribution in [0.2, 0.25) is 0 Å². The zero-order valence-electron chi connectivity index (χ0n) is 13.2. The molecule has 1 saturated heterocycles. The number of nitrogens with one attached hydrogen (secondary N) is 1. The van der Waals surface area contributed by atoms with Gasteiger partial charge in [0, 0.05) is 0 Å². The molecule has 0 aromatic rings. The number of alkyl halides is 1. The first-order valence-corrected chi connectivity index (χ1v) is 8.82. The predicted molar refractivity (Wildman–Crippen MR) is 85.6 cm³/mol. The minimum atomic E-state index is -0.438. The molecule has 21 heavy (non-hydrogen) atoms. The topological polar surface area (TPSA) is 47.6 Å². The van der Waals surface area contributed by atoms with Crippen molar-refractivity contribution in [2.75, 3.05) is 19.8 Å². The van der Waals surface area contributed by atoms with Crippen LogP contribution in [0.3, 0.4) is 0 Å². The fourth-order valence-corrected chi connectivity index (χ4v) is 2.64. The van der Waals surface area contributed by atoms with E-state index in [0.717, 1.165) is 19.3 Å². The summed E-state index contributed by atoms with van der Waals surface area (Å²) in [6, 6.07) is 0. The van der Waals surface area contributed by atoms with Crippen molar-refractivity contribution in [2.24, 2.45) is 0 Å². The van der Waals surface area contributed by atoms with Crippen LogP contribution < -0.4 is 5.32 Å². The summed E-state index contributed by atoms with van der Waals surface area (Å²) in [5, 5.41) is 2.34. The zero-order chi connectivity index (χ0) is 15.3. The van der Waals surface area contributed by atoms with Gasteiger partial charge in [0.1, 0.15) is 5.38 Å². The summed E-state index contributed by atoms with van der Waals surface area (Å²) in [6.45, 7) is 3.82. The Morgan fingerprint density at radius 2 is 1.67 bits per heavy atom. The van der Waals surface area contributed by atoms with Crippen LogP contribution in [0.1, 0.15) is 64.7 Å². The number of ether oxygens (including phenoxy) is 2. The molecule has 1 N–H and O–H groups in total. The lowest BCUT2D eigenvalue weighted by molar-refractivity contribution is -0.123. The first-order valence-electron chi connectivity index (χ1n) is 8.39. The number of carbonyl (C=O) groups excluding carboxylic acids is 1. The van der Waals surface area contributed by atoms with Gasteiger partial charge in [-0.2, -0.15) is 0 Å². The zero-order valence-corrected chi connectivity index (χ0v) is 14.0. The maximum absolute atomic E-state index is 11.8. The number of rotatable bonds is 12. The van der Waals surface area contributed by atoms with Gasteiger partial charge in [0.05, 0.1) is 19.8 Å². The minimum Gasteiger partial charge on any atom is -0.350 e. The lowest BCUT2D eigenvalue weighted by atomic mass is 10.1. The fourth-order valence-electron chi connectivity index (χ4n) is 2.41. The van der Waals surface area contributed by atoms with Crippen LogP contribution in [0.5, 0.6) is 0 Å². The molecule has 0 aliphatic carbocycles. The maximum Gasteiger partial charge on any atom is 0.238 e. The summed E-state index contributed by atoms with van der Waals surface area (Å²) in [6.07, 6.45) is 10.5. The molecule has 4 nitrogen and oxygen atoms in total. The van der Waals surface area contributed by atoms with Crippen molar-refractivity contribution in [3.63, 3.8) is 0 Å². The third-order valence-electron chi connectivity index (χ3n) is 3.73. The summed E-state index contributed by atoms with van der Waals surface area (Å²) in [5.41, 5.74) is 0.